The highest BCUT2D eigenvalue weighted by Gasteiger charge is 2.22. The van der Waals surface area contributed by atoms with Gasteiger partial charge in [-0.2, -0.15) is 9.78 Å². The molecular weight excluding hydrogens is 430 g/mol. The summed E-state index contributed by atoms with van der Waals surface area (Å²) in [7, 11) is 0. The van der Waals surface area contributed by atoms with Gasteiger partial charge in [-0.05, 0) is 42.0 Å². The minimum atomic E-state index is -0.189. The van der Waals surface area contributed by atoms with Gasteiger partial charge in [-0.15, -0.1) is 10.2 Å². The van der Waals surface area contributed by atoms with Crippen LogP contribution in [0.4, 0.5) is 5.69 Å². The van der Waals surface area contributed by atoms with Gasteiger partial charge in [0.15, 0.2) is 5.82 Å². The van der Waals surface area contributed by atoms with Gasteiger partial charge in [0.25, 0.3) is 5.91 Å². The Hall–Kier alpha value is -3.42. The van der Waals surface area contributed by atoms with Crippen LogP contribution in [0.3, 0.4) is 0 Å². The lowest BCUT2D eigenvalue weighted by Crippen LogP contribution is -2.15. The summed E-state index contributed by atoms with van der Waals surface area (Å²) in [5.74, 6) is 1.07. The number of fused-ring (bicyclic) bond motifs is 1. The van der Waals surface area contributed by atoms with Crippen LogP contribution in [-0.4, -0.2) is 32.2 Å². The summed E-state index contributed by atoms with van der Waals surface area (Å²) < 4.78 is 1.73. The van der Waals surface area contributed by atoms with Gasteiger partial charge in [0.05, 0.1) is 11.4 Å². The number of thioether (sulfide) groups is 1. The van der Waals surface area contributed by atoms with E-state index in [0.29, 0.717) is 33.0 Å². The number of amides is 1. The molecule has 6 nitrogen and oxygen atoms in total. The first kappa shape index (κ1) is 19.5. The van der Waals surface area contributed by atoms with Crippen LogP contribution in [0.25, 0.3) is 11.4 Å². The van der Waals surface area contributed by atoms with Crippen molar-refractivity contribution in [3.8, 4) is 11.4 Å². The summed E-state index contributed by atoms with van der Waals surface area (Å²) in [6.45, 7) is 0. The van der Waals surface area contributed by atoms with E-state index in [9.17, 15) is 4.79 Å². The Balaban J connectivity index is 1.52. The Bertz CT molecular complexity index is 1290. The summed E-state index contributed by atoms with van der Waals surface area (Å²) >= 11 is 7.58. The maximum Gasteiger partial charge on any atom is 0.255 e. The number of anilines is 1. The number of hydrogen-bond acceptors (Lipinski definition) is 5. The molecule has 1 aromatic heterocycles. The fourth-order valence-corrected chi connectivity index (χ4v) is 4.21. The first-order valence-corrected chi connectivity index (χ1v) is 10.9. The molecule has 1 aliphatic rings. The summed E-state index contributed by atoms with van der Waals surface area (Å²) in [6.07, 6.45) is 0. The van der Waals surface area contributed by atoms with Crippen molar-refractivity contribution in [2.45, 2.75) is 5.16 Å². The molecule has 4 aromatic rings. The van der Waals surface area contributed by atoms with Crippen LogP contribution >= 0.6 is 23.4 Å². The van der Waals surface area contributed by atoms with Gasteiger partial charge >= 0.3 is 0 Å². The van der Waals surface area contributed by atoms with E-state index in [4.69, 9.17) is 16.7 Å². The largest absolute Gasteiger partial charge is 0.321 e. The molecule has 1 amide bonds. The van der Waals surface area contributed by atoms with E-state index in [0.717, 1.165) is 16.8 Å². The van der Waals surface area contributed by atoms with Crippen molar-refractivity contribution in [3.63, 3.8) is 0 Å². The molecule has 0 radical (unpaired) electrons. The Morgan fingerprint density at radius 2 is 1.68 bits per heavy atom. The van der Waals surface area contributed by atoms with Crippen LogP contribution in [0.1, 0.15) is 15.9 Å². The molecular formula is C23H16ClN5OS. The lowest BCUT2D eigenvalue weighted by Gasteiger charge is -2.15. The highest BCUT2D eigenvalue weighted by atomic mass is 35.5. The van der Waals surface area contributed by atoms with Crippen LogP contribution in [0, 0.1) is 0 Å². The number of para-hydroxylation sites is 1. The Morgan fingerprint density at radius 1 is 0.935 bits per heavy atom. The predicted octanol–water partition coefficient (Wildman–Crippen LogP) is 5.21. The minimum absolute atomic E-state index is 0.189. The molecule has 0 spiro atoms. The van der Waals surface area contributed by atoms with Crippen molar-refractivity contribution in [1.29, 1.82) is 0 Å². The predicted molar refractivity (Wildman–Crippen MR) is 124 cm³/mol. The maximum absolute atomic E-state index is 12.7. The second kappa shape index (κ2) is 8.37. The first-order chi connectivity index (χ1) is 15.2. The van der Waals surface area contributed by atoms with E-state index < -0.39 is 0 Å². The molecule has 2 heterocycles. The van der Waals surface area contributed by atoms with Crippen molar-refractivity contribution in [2.75, 3.05) is 11.1 Å². The average Bonchev–Trinajstić information content (AvgIpc) is 3.23. The number of carbonyl (C=O) groups excluding carboxylic acids is 1. The number of nitrogens with one attached hydrogen (secondary N) is 1. The summed E-state index contributed by atoms with van der Waals surface area (Å²) in [6, 6.07) is 24.2. The fourth-order valence-electron chi connectivity index (χ4n) is 3.25. The molecule has 1 N–H and O–H groups in total. The SMILES string of the molecule is O=C(Nc1ccccc1-c1nnc2n1N=C(c1ccc(Cl)cc1)CS2)c1ccccc1. The topological polar surface area (TPSA) is 72.2 Å². The van der Waals surface area contributed by atoms with Gasteiger partial charge in [-0.3, -0.25) is 4.79 Å². The van der Waals surface area contributed by atoms with Crippen molar-refractivity contribution < 1.29 is 4.79 Å². The lowest BCUT2D eigenvalue weighted by molar-refractivity contribution is 0.102. The zero-order valence-corrected chi connectivity index (χ0v) is 17.8. The standard InChI is InChI=1S/C23H16ClN5OS/c24-17-12-10-15(11-13-17)20-14-31-23-27-26-21(29(23)28-20)18-8-4-5-9-19(18)25-22(30)16-6-2-1-3-7-16/h1-13H,14H2,(H,25,30). The van der Waals surface area contributed by atoms with Crippen LogP contribution in [0.5, 0.6) is 0 Å². The number of benzene rings is 3. The highest BCUT2D eigenvalue weighted by Crippen LogP contribution is 2.32. The van der Waals surface area contributed by atoms with E-state index in [2.05, 4.69) is 15.5 Å². The van der Waals surface area contributed by atoms with Gasteiger partial charge in [-0.25, -0.2) is 0 Å². The van der Waals surface area contributed by atoms with E-state index in [1.54, 1.807) is 28.6 Å². The van der Waals surface area contributed by atoms with E-state index in [-0.39, 0.29) is 5.91 Å². The molecule has 0 saturated carbocycles. The molecule has 1 aliphatic heterocycles. The number of nitrogens with zero attached hydrogens (tertiary/aromatic N) is 4. The zero-order chi connectivity index (χ0) is 21.2. The Morgan fingerprint density at radius 3 is 2.48 bits per heavy atom. The zero-order valence-electron chi connectivity index (χ0n) is 16.2. The third-order valence-corrected chi connectivity index (χ3v) is 5.98. The summed E-state index contributed by atoms with van der Waals surface area (Å²) in [5, 5.41) is 17.8. The molecule has 0 saturated heterocycles. The molecule has 31 heavy (non-hydrogen) atoms. The molecule has 5 rings (SSSR count). The number of carbonyl (C=O) groups is 1. The average molecular weight is 446 g/mol. The van der Waals surface area contributed by atoms with Crippen LogP contribution in [0.15, 0.2) is 89.1 Å². The Labute approximate surface area is 188 Å². The molecule has 0 bridgehead atoms. The second-order valence-electron chi connectivity index (χ2n) is 6.83. The third kappa shape index (κ3) is 3.97. The maximum atomic E-state index is 12.7. The lowest BCUT2D eigenvalue weighted by atomic mass is 10.1. The van der Waals surface area contributed by atoms with Crippen molar-refractivity contribution in [1.82, 2.24) is 14.9 Å². The van der Waals surface area contributed by atoms with E-state index >= 15 is 0 Å². The number of hydrogen-bond donors (Lipinski definition) is 1. The summed E-state index contributed by atoms with van der Waals surface area (Å²) in [4.78, 5) is 12.7. The minimum Gasteiger partial charge on any atom is -0.321 e. The smallest absolute Gasteiger partial charge is 0.255 e. The monoisotopic (exact) mass is 445 g/mol. The third-order valence-electron chi connectivity index (χ3n) is 4.80. The first-order valence-electron chi connectivity index (χ1n) is 9.57. The normalized spacial score (nSPS) is 12.7. The highest BCUT2D eigenvalue weighted by molar-refractivity contribution is 7.99. The number of halogens is 1. The van der Waals surface area contributed by atoms with Gasteiger partial charge in [-0.1, -0.05) is 65.8 Å². The van der Waals surface area contributed by atoms with Gasteiger partial charge in [0.2, 0.25) is 5.16 Å². The molecule has 0 atom stereocenters. The van der Waals surface area contributed by atoms with E-state index in [1.165, 1.54) is 0 Å². The van der Waals surface area contributed by atoms with Crippen molar-refractivity contribution >= 4 is 40.7 Å². The Kier molecular flexibility index (Phi) is 5.28. The van der Waals surface area contributed by atoms with Crippen LogP contribution in [-0.2, 0) is 0 Å². The fraction of sp³-hybridized carbons (Fsp3) is 0.0435. The van der Waals surface area contributed by atoms with Crippen LogP contribution in [0.2, 0.25) is 5.02 Å². The van der Waals surface area contributed by atoms with Gasteiger partial charge in [0, 0.05) is 21.9 Å². The summed E-state index contributed by atoms with van der Waals surface area (Å²) in [5.41, 5.74) is 3.87. The van der Waals surface area contributed by atoms with Crippen molar-refractivity contribution in [3.05, 3.63) is 95.0 Å². The van der Waals surface area contributed by atoms with Gasteiger partial charge in [0.1, 0.15) is 0 Å². The molecule has 8 heteroatoms. The second-order valence-corrected chi connectivity index (χ2v) is 8.20. The molecule has 0 aliphatic carbocycles. The van der Waals surface area contributed by atoms with Crippen LogP contribution < -0.4 is 5.32 Å². The quantitative estimate of drug-likeness (QED) is 0.468. The molecule has 3 aromatic carbocycles. The molecule has 152 valence electrons. The molecule has 0 fully saturated rings. The number of aromatic nitrogens is 3. The van der Waals surface area contributed by atoms with E-state index in [1.807, 2.05) is 66.7 Å². The molecule has 0 unspecified atom stereocenters. The van der Waals surface area contributed by atoms with Gasteiger partial charge < -0.3 is 5.32 Å². The van der Waals surface area contributed by atoms with Crippen molar-refractivity contribution in [2.24, 2.45) is 5.10 Å². The number of rotatable bonds is 4.